The van der Waals surface area contributed by atoms with Crippen molar-refractivity contribution >= 4 is 11.6 Å². The average Bonchev–Trinajstić information content (AvgIpc) is 2.34. The van der Waals surface area contributed by atoms with Gasteiger partial charge in [-0.05, 0) is 24.6 Å². The SMILES string of the molecule is CC1Oc2cc(CO)ccc2N(CC#N)C1=O. The maximum atomic E-state index is 11.8. The summed E-state index contributed by atoms with van der Waals surface area (Å²) in [6.45, 7) is 1.55. The number of aliphatic hydroxyl groups excluding tert-OH is 1. The Bertz CT molecular complexity index is 493. The number of amides is 1. The Morgan fingerprint density at radius 3 is 3.00 bits per heavy atom. The van der Waals surface area contributed by atoms with Crippen molar-refractivity contribution in [3.63, 3.8) is 0 Å². The molecule has 0 saturated carbocycles. The highest BCUT2D eigenvalue weighted by Gasteiger charge is 2.31. The molecule has 5 nitrogen and oxygen atoms in total. The lowest BCUT2D eigenvalue weighted by Crippen LogP contribution is -2.44. The van der Waals surface area contributed by atoms with Crippen LogP contribution in [0.4, 0.5) is 5.69 Å². The highest BCUT2D eigenvalue weighted by molar-refractivity contribution is 6.00. The lowest BCUT2D eigenvalue weighted by molar-refractivity contribution is -0.125. The number of nitriles is 1. The minimum Gasteiger partial charge on any atom is -0.479 e. The third-order valence-electron chi connectivity index (χ3n) is 2.64. The molecule has 0 aliphatic carbocycles. The lowest BCUT2D eigenvalue weighted by atomic mass is 10.1. The van der Waals surface area contributed by atoms with Gasteiger partial charge in [0.2, 0.25) is 0 Å². The highest BCUT2D eigenvalue weighted by atomic mass is 16.5. The zero-order valence-electron chi connectivity index (χ0n) is 9.38. The molecule has 0 fully saturated rings. The predicted octanol–water partition coefficient (Wildman–Crippen LogP) is 0.816. The van der Waals surface area contributed by atoms with Gasteiger partial charge in [0.1, 0.15) is 12.3 Å². The van der Waals surface area contributed by atoms with Gasteiger partial charge in [-0.2, -0.15) is 5.26 Å². The molecule has 1 heterocycles. The van der Waals surface area contributed by atoms with E-state index >= 15 is 0 Å². The van der Waals surface area contributed by atoms with Crippen molar-refractivity contribution in [2.45, 2.75) is 19.6 Å². The van der Waals surface area contributed by atoms with E-state index in [4.69, 9.17) is 15.1 Å². The summed E-state index contributed by atoms with van der Waals surface area (Å²) in [5.41, 5.74) is 1.29. The molecule has 2 rings (SSSR count). The number of nitrogens with zero attached hydrogens (tertiary/aromatic N) is 2. The summed E-state index contributed by atoms with van der Waals surface area (Å²) >= 11 is 0. The van der Waals surface area contributed by atoms with Crippen LogP contribution in [0.1, 0.15) is 12.5 Å². The largest absolute Gasteiger partial charge is 0.479 e. The number of ether oxygens (including phenoxy) is 1. The normalized spacial score (nSPS) is 18.3. The smallest absolute Gasteiger partial charge is 0.268 e. The second kappa shape index (κ2) is 4.44. The molecule has 0 bridgehead atoms. The predicted molar refractivity (Wildman–Crippen MR) is 60.4 cm³/mol. The zero-order chi connectivity index (χ0) is 12.4. The molecule has 1 amide bonds. The number of benzene rings is 1. The standard InChI is InChI=1S/C12H12N2O3/c1-8-12(16)14(5-4-13)10-3-2-9(7-15)6-11(10)17-8/h2-3,6,8,15H,5,7H2,1H3. The summed E-state index contributed by atoms with van der Waals surface area (Å²) in [7, 11) is 0. The number of hydrogen-bond acceptors (Lipinski definition) is 4. The molecule has 1 aliphatic heterocycles. The van der Waals surface area contributed by atoms with E-state index in [9.17, 15) is 4.79 Å². The van der Waals surface area contributed by atoms with Crippen molar-refractivity contribution < 1.29 is 14.6 Å². The van der Waals surface area contributed by atoms with Crippen molar-refractivity contribution in [1.82, 2.24) is 0 Å². The van der Waals surface area contributed by atoms with Gasteiger partial charge in [-0.3, -0.25) is 9.69 Å². The Hall–Kier alpha value is -2.06. The quantitative estimate of drug-likeness (QED) is 0.766. The molecule has 17 heavy (non-hydrogen) atoms. The minimum atomic E-state index is -0.607. The molecule has 0 spiro atoms. The fourth-order valence-electron chi connectivity index (χ4n) is 1.79. The number of fused-ring (bicyclic) bond motifs is 1. The third-order valence-corrected chi connectivity index (χ3v) is 2.64. The number of hydrogen-bond donors (Lipinski definition) is 1. The van der Waals surface area contributed by atoms with E-state index in [2.05, 4.69) is 0 Å². The molecule has 1 aliphatic rings. The molecule has 0 aromatic heterocycles. The average molecular weight is 232 g/mol. The molecule has 88 valence electrons. The number of aliphatic hydroxyl groups is 1. The van der Waals surface area contributed by atoms with E-state index in [1.54, 1.807) is 25.1 Å². The molecular formula is C12H12N2O3. The fraction of sp³-hybridized carbons (Fsp3) is 0.333. The summed E-state index contributed by atoms with van der Waals surface area (Å²) in [5, 5.41) is 17.8. The zero-order valence-corrected chi connectivity index (χ0v) is 9.38. The first-order valence-electron chi connectivity index (χ1n) is 5.26. The second-order valence-corrected chi connectivity index (χ2v) is 3.80. The number of carbonyl (C=O) groups excluding carboxylic acids is 1. The fourth-order valence-corrected chi connectivity index (χ4v) is 1.79. The first-order valence-corrected chi connectivity index (χ1v) is 5.26. The molecule has 5 heteroatoms. The third kappa shape index (κ3) is 1.95. The monoisotopic (exact) mass is 232 g/mol. The van der Waals surface area contributed by atoms with Gasteiger partial charge in [0, 0.05) is 0 Å². The molecule has 1 aromatic rings. The van der Waals surface area contributed by atoms with Gasteiger partial charge in [0.15, 0.2) is 6.10 Å². The summed E-state index contributed by atoms with van der Waals surface area (Å²) in [6.07, 6.45) is -0.607. The first kappa shape index (κ1) is 11.4. The van der Waals surface area contributed by atoms with Crippen LogP contribution >= 0.6 is 0 Å². The van der Waals surface area contributed by atoms with Gasteiger partial charge in [-0.15, -0.1) is 0 Å². The van der Waals surface area contributed by atoms with Gasteiger partial charge in [0.25, 0.3) is 5.91 Å². The van der Waals surface area contributed by atoms with Crippen molar-refractivity contribution in [3.8, 4) is 11.8 Å². The summed E-state index contributed by atoms with van der Waals surface area (Å²) in [5.74, 6) is 0.301. The van der Waals surface area contributed by atoms with Gasteiger partial charge >= 0.3 is 0 Å². The van der Waals surface area contributed by atoms with Crippen molar-refractivity contribution in [2.24, 2.45) is 0 Å². The summed E-state index contributed by atoms with van der Waals surface area (Å²) < 4.78 is 5.45. The molecule has 1 unspecified atom stereocenters. The number of rotatable bonds is 2. The van der Waals surface area contributed by atoms with Crippen LogP contribution in [0.15, 0.2) is 18.2 Å². The van der Waals surface area contributed by atoms with Crippen LogP contribution in [0.5, 0.6) is 5.75 Å². The molecule has 1 N–H and O–H groups in total. The van der Waals surface area contributed by atoms with Crippen molar-refractivity contribution in [2.75, 3.05) is 11.4 Å². The topological polar surface area (TPSA) is 73.6 Å². The Morgan fingerprint density at radius 1 is 1.59 bits per heavy atom. The van der Waals surface area contributed by atoms with Crippen LogP contribution in [0.3, 0.4) is 0 Å². The Kier molecular flexibility index (Phi) is 2.98. The van der Waals surface area contributed by atoms with Crippen molar-refractivity contribution in [1.29, 1.82) is 5.26 Å². The molecule has 0 saturated heterocycles. The van der Waals surface area contributed by atoms with Gasteiger partial charge in [0.05, 0.1) is 18.4 Å². The summed E-state index contributed by atoms with van der Waals surface area (Å²) in [6, 6.07) is 7.03. The molecule has 1 aromatic carbocycles. The molecular weight excluding hydrogens is 220 g/mol. The highest BCUT2D eigenvalue weighted by Crippen LogP contribution is 2.34. The first-order chi connectivity index (χ1) is 8.17. The van der Waals surface area contributed by atoms with E-state index in [1.807, 2.05) is 6.07 Å². The maximum Gasteiger partial charge on any atom is 0.268 e. The van der Waals surface area contributed by atoms with Gasteiger partial charge < -0.3 is 9.84 Å². The van der Waals surface area contributed by atoms with E-state index in [0.717, 1.165) is 0 Å². The Labute approximate surface area is 98.8 Å². The van der Waals surface area contributed by atoms with E-state index in [1.165, 1.54) is 4.90 Å². The van der Waals surface area contributed by atoms with E-state index in [0.29, 0.717) is 17.0 Å². The van der Waals surface area contributed by atoms with E-state index < -0.39 is 6.10 Å². The second-order valence-electron chi connectivity index (χ2n) is 3.80. The van der Waals surface area contributed by atoms with Crippen molar-refractivity contribution in [3.05, 3.63) is 23.8 Å². The van der Waals surface area contributed by atoms with Gasteiger partial charge in [-0.25, -0.2) is 0 Å². The van der Waals surface area contributed by atoms with Crippen LogP contribution in [0, 0.1) is 11.3 Å². The van der Waals surface area contributed by atoms with Gasteiger partial charge in [-0.1, -0.05) is 6.07 Å². The van der Waals surface area contributed by atoms with E-state index in [-0.39, 0.29) is 19.1 Å². The minimum absolute atomic E-state index is 0.00198. The summed E-state index contributed by atoms with van der Waals surface area (Å²) in [4.78, 5) is 13.2. The molecule has 0 radical (unpaired) electrons. The lowest BCUT2D eigenvalue weighted by Gasteiger charge is -2.31. The number of anilines is 1. The van der Waals surface area contributed by atoms with Crippen LogP contribution in [0.2, 0.25) is 0 Å². The molecule has 1 atom stereocenters. The Balaban J connectivity index is 2.45. The van der Waals surface area contributed by atoms with Crippen LogP contribution in [-0.2, 0) is 11.4 Å². The Morgan fingerprint density at radius 2 is 2.35 bits per heavy atom. The maximum absolute atomic E-state index is 11.8. The van der Waals surface area contributed by atoms with Crippen LogP contribution in [0.25, 0.3) is 0 Å². The van der Waals surface area contributed by atoms with Crippen LogP contribution in [-0.4, -0.2) is 23.7 Å². The van der Waals surface area contributed by atoms with Crippen LogP contribution < -0.4 is 9.64 Å². The number of carbonyl (C=O) groups is 1.